The van der Waals surface area contributed by atoms with E-state index in [9.17, 15) is 5.11 Å². The molecule has 19 heavy (non-hydrogen) atoms. The molecule has 0 spiro atoms. The van der Waals surface area contributed by atoms with Gasteiger partial charge in [0, 0.05) is 23.0 Å². The standard InChI is InChI=1S/C15H15N3O/c1-10-3-4-11(2)18(10)17-15-14-9-13(19)6-5-12(14)7-8-16-15/h3-9,19H,1-2H3,(H,16,17). The molecule has 0 unspecified atom stereocenters. The number of fused-ring (bicyclic) bond motifs is 1. The van der Waals surface area contributed by atoms with Gasteiger partial charge in [0.1, 0.15) is 5.75 Å². The third kappa shape index (κ3) is 2.01. The molecule has 2 heterocycles. The molecule has 1 aromatic carbocycles. The fourth-order valence-corrected chi connectivity index (χ4v) is 2.20. The third-order valence-electron chi connectivity index (χ3n) is 3.24. The SMILES string of the molecule is Cc1ccc(C)n1Nc1nccc2ccc(O)cc12. The molecule has 0 bridgehead atoms. The number of aryl methyl sites for hydroxylation is 2. The van der Waals surface area contributed by atoms with E-state index in [1.807, 2.05) is 42.8 Å². The van der Waals surface area contributed by atoms with Crippen LogP contribution in [0.25, 0.3) is 10.8 Å². The average molecular weight is 253 g/mol. The number of nitrogens with zero attached hydrogens (tertiary/aromatic N) is 2. The second kappa shape index (κ2) is 4.31. The Morgan fingerprint density at radius 3 is 2.53 bits per heavy atom. The predicted octanol–water partition coefficient (Wildman–Crippen LogP) is 3.23. The van der Waals surface area contributed by atoms with Crippen molar-refractivity contribution >= 4 is 16.6 Å². The number of hydrogen-bond acceptors (Lipinski definition) is 3. The lowest BCUT2D eigenvalue weighted by Crippen LogP contribution is -2.13. The molecule has 0 fully saturated rings. The molecule has 4 heteroatoms. The van der Waals surface area contributed by atoms with Crippen molar-refractivity contribution < 1.29 is 5.11 Å². The minimum absolute atomic E-state index is 0.240. The first-order valence-electron chi connectivity index (χ1n) is 6.15. The number of pyridine rings is 1. The zero-order valence-corrected chi connectivity index (χ0v) is 10.9. The normalized spacial score (nSPS) is 10.8. The molecule has 0 aliphatic heterocycles. The summed E-state index contributed by atoms with van der Waals surface area (Å²) in [5, 5.41) is 11.6. The first kappa shape index (κ1) is 11.6. The number of nitrogens with one attached hydrogen (secondary N) is 1. The molecule has 0 aliphatic carbocycles. The minimum atomic E-state index is 0.240. The highest BCUT2D eigenvalue weighted by molar-refractivity contribution is 5.92. The number of rotatable bonds is 2. The number of aromatic hydroxyl groups is 1. The van der Waals surface area contributed by atoms with E-state index in [2.05, 4.69) is 10.4 Å². The van der Waals surface area contributed by atoms with E-state index >= 15 is 0 Å². The van der Waals surface area contributed by atoms with Gasteiger partial charge >= 0.3 is 0 Å². The molecular formula is C15H15N3O. The van der Waals surface area contributed by atoms with Crippen molar-refractivity contribution in [3.05, 3.63) is 54.0 Å². The van der Waals surface area contributed by atoms with Crippen LogP contribution in [0.3, 0.4) is 0 Å². The Balaban J connectivity index is 2.13. The van der Waals surface area contributed by atoms with Gasteiger partial charge in [0.2, 0.25) is 0 Å². The van der Waals surface area contributed by atoms with Gasteiger partial charge in [-0.25, -0.2) is 4.98 Å². The highest BCUT2D eigenvalue weighted by Crippen LogP contribution is 2.25. The highest BCUT2D eigenvalue weighted by Gasteiger charge is 2.06. The summed E-state index contributed by atoms with van der Waals surface area (Å²) >= 11 is 0. The first-order valence-corrected chi connectivity index (χ1v) is 6.15. The summed E-state index contributed by atoms with van der Waals surface area (Å²) in [4.78, 5) is 4.36. The summed E-state index contributed by atoms with van der Waals surface area (Å²) in [5.41, 5.74) is 5.50. The molecule has 3 aromatic rings. The van der Waals surface area contributed by atoms with Gasteiger partial charge in [0.25, 0.3) is 0 Å². The maximum Gasteiger partial charge on any atom is 0.152 e. The Kier molecular flexibility index (Phi) is 2.63. The predicted molar refractivity (Wildman–Crippen MR) is 76.3 cm³/mol. The Morgan fingerprint density at radius 2 is 1.79 bits per heavy atom. The van der Waals surface area contributed by atoms with Crippen LogP contribution in [0.2, 0.25) is 0 Å². The Labute approximate surface area is 111 Å². The Morgan fingerprint density at radius 1 is 1.05 bits per heavy atom. The van der Waals surface area contributed by atoms with Gasteiger partial charge in [0.05, 0.1) is 0 Å². The summed E-state index contributed by atoms with van der Waals surface area (Å²) in [6.45, 7) is 4.06. The first-order chi connectivity index (χ1) is 9.15. The molecule has 0 saturated heterocycles. The minimum Gasteiger partial charge on any atom is -0.508 e. The number of phenols is 1. The number of phenolic OH excluding ortho intramolecular Hbond substituents is 1. The monoisotopic (exact) mass is 253 g/mol. The van der Waals surface area contributed by atoms with E-state index in [-0.39, 0.29) is 5.75 Å². The molecule has 0 aliphatic rings. The van der Waals surface area contributed by atoms with Gasteiger partial charge in [0.15, 0.2) is 5.82 Å². The maximum absolute atomic E-state index is 9.63. The van der Waals surface area contributed by atoms with Gasteiger partial charge in [-0.2, -0.15) is 0 Å². The largest absolute Gasteiger partial charge is 0.508 e. The fourth-order valence-electron chi connectivity index (χ4n) is 2.20. The number of anilines is 1. The molecule has 4 nitrogen and oxygen atoms in total. The number of hydrogen-bond donors (Lipinski definition) is 2. The quantitative estimate of drug-likeness (QED) is 0.737. The van der Waals surface area contributed by atoms with Crippen LogP contribution >= 0.6 is 0 Å². The van der Waals surface area contributed by atoms with Crippen LogP contribution in [0.5, 0.6) is 5.75 Å². The smallest absolute Gasteiger partial charge is 0.152 e. The van der Waals surface area contributed by atoms with Crippen molar-refractivity contribution in [3.63, 3.8) is 0 Å². The van der Waals surface area contributed by atoms with Crippen LogP contribution in [0, 0.1) is 13.8 Å². The molecule has 2 N–H and O–H groups in total. The Hall–Kier alpha value is -2.49. The van der Waals surface area contributed by atoms with Gasteiger partial charge in [-0.15, -0.1) is 0 Å². The number of aromatic nitrogens is 2. The molecule has 0 amide bonds. The lowest BCUT2D eigenvalue weighted by atomic mass is 10.1. The average Bonchev–Trinajstić information content (AvgIpc) is 2.71. The van der Waals surface area contributed by atoms with Crippen LogP contribution in [0.4, 0.5) is 5.82 Å². The topological polar surface area (TPSA) is 50.1 Å². The molecule has 3 rings (SSSR count). The van der Waals surface area contributed by atoms with Crippen molar-refractivity contribution in [2.24, 2.45) is 0 Å². The lowest BCUT2D eigenvalue weighted by Gasteiger charge is -2.13. The second-order valence-corrected chi connectivity index (χ2v) is 4.63. The van der Waals surface area contributed by atoms with Crippen molar-refractivity contribution in [3.8, 4) is 5.75 Å². The Bertz CT molecular complexity index is 727. The third-order valence-corrected chi connectivity index (χ3v) is 3.24. The zero-order chi connectivity index (χ0) is 13.4. The molecule has 96 valence electrons. The van der Waals surface area contributed by atoms with E-state index in [4.69, 9.17) is 0 Å². The molecular weight excluding hydrogens is 238 g/mol. The van der Waals surface area contributed by atoms with Gasteiger partial charge in [-0.1, -0.05) is 6.07 Å². The van der Waals surface area contributed by atoms with Crippen molar-refractivity contribution in [2.75, 3.05) is 5.43 Å². The number of benzene rings is 1. The van der Waals surface area contributed by atoms with E-state index in [1.54, 1.807) is 18.3 Å². The summed E-state index contributed by atoms with van der Waals surface area (Å²) < 4.78 is 1.98. The van der Waals surface area contributed by atoms with E-state index in [1.165, 1.54) is 0 Å². The highest BCUT2D eigenvalue weighted by atomic mass is 16.3. The summed E-state index contributed by atoms with van der Waals surface area (Å²) in [6.07, 6.45) is 1.76. The van der Waals surface area contributed by atoms with E-state index in [0.29, 0.717) is 0 Å². The van der Waals surface area contributed by atoms with Crippen LogP contribution in [0.15, 0.2) is 42.6 Å². The second-order valence-electron chi connectivity index (χ2n) is 4.63. The maximum atomic E-state index is 9.63. The van der Waals surface area contributed by atoms with Gasteiger partial charge in [-0.3, -0.25) is 10.1 Å². The van der Waals surface area contributed by atoms with Crippen LogP contribution < -0.4 is 5.43 Å². The van der Waals surface area contributed by atoms with Crippen molar-refractivity contribution in [2.45, 2.75) is 13.8 Å². The summed E-state index contributed by atoms with van der Waals surface area (Å²) in [5.74, 6) is 0.973. The van der Waals surface area contributed by atoms with Crippen LogP contribution in [-0.2, 0) is 0 Å². The molecule has 2 aromatic heterocycles. The summed E-state index contributed by atoms with van der Waals surface area (Å²) in [7, 11) is 0. The van der Waals surface area contributed by atoms with Crippen molar-refractivity contribution in [1.29, 1.82) is 0 Å². The molecule has 0 atom stereocenters. The lowest BCUT2D eigenvalue weighted by molar-refractivity contribution is 0.476. The van der Waals surface area contributed by atoms with E-state index < -0.39 is 0 Å². The van der Waals surface area contributed by atoms with Gasteiger partial charge in [-0.05, 0) is 49.6 Å². The molecule has 0 radical (unpaired) electrons. The van der Waals surface area contributed by atoms with Crippen LogP contribution in [-0.4, -0.2) is 14.8 Å². The summed E-state index contributed by atoms with van der Waals surface area (Å²) in [6, 6.07) is 11.3. The van der Waals surface area contributed by atoms with E-state index in [0.717, 1.165) is 28.0 Å². The fraction of sp³-hybridized carbons (Fsp3) is 0.133. The van der Waals surface area contributed by atoms with Gasteiger partial charge < -0.3 is 5.11 Å². The zero-order valence-electron chi connectivity index (χ0n) is 10.9. The van der Waals surface area contributed by atoms with Crippen molar-refractivity contribution in [1.82, 2.24) is 9.66 Å². The molecule has 0 saturated carbocycles. The van der Waals surface area contributed by atoms with Crippen LogP contribution in [0.1, 0.15) is 11.4 Å².